The number of para-hydroxylation sites is 1. The Hall–Kier alpha value is -3.49. The molecule has 0 radical (unpaired) electrons. The van der Waals surface area contributed by atoms with Gasteiger partial charge in [-0.25, -0.2) is 0 Å². The molecule has 0 saturated heterocycles. The third-order valence-corrected chi connectivity index (χ3v) is 4.32. The molecule has 0 spiro atoms. The Morgan fingerprint density at radius 1 is 1.23 bits per heavy atom. The van der Waals surface area contributed by atoms with Crippen LogP contribution < -0.4 is 14.8 Å². The zero-order valence-electron chi connectivity index (χ0n) is 16.9. The number of hydrogen-bond donors (Lipinski definition) is 1. The van der Waals surface area contributed by atoms with E-state index in [1.165, 1.54) is 13.2 Å². The number of nitro benzene ring substituents is 1. The molecule has 30 heavy (non-hydrogen) atoms. The second kappa shape index (κ2) is 9.82. The van der Waals surface area contributed by atoms with Crippen molar-refractivity contribution in [2.75, 3.05) is 12.4 Å². The number of nitro groups is 1. The molecule has 0 atom stereocenters. The summed E-state index contributed by atoms with van der Waals surface area (Å²) in [5.41, 5.74) is 2.01. The minimum atomic E-state index is -3.17. The van der Waals surface area contributed by atoms with Gasteiger partial charge in [-0.1, -0.05) is 32.0 Å². The molecule has 0 aliphatic heterocycles. The Morgan fingerprint density at radius 3 is 2.50 bits per heavy atom. The van der Waals surface area contributed by atoms with E-state index in [0.29, 0.717) is 5.69 Å². The third kappa shape index (κ3) is 5.53. The van der Waals surface area contributed by atoms with Gasteiger partial charge in [0, 0.05) is 11.8 Å². The van der Waals surface area contributed by atoms with Crippen molar-refractivity contribution in [2.24, 2.45) is 0 Å². The number of methoxy groups -OCH3 is 1. The first-order chi connectivity index (χ1) is 14.1. The molecular formula is C21H22F2N2O5. The first kappa shape index (κ1) is 22.8. The molecule has 0 bridgehead atoms. The number of nitrogens with zero attached hydrogens (tertiary/aromatic N) is 1. The van der Waals surface area contributed by atoms with E-state index in [0.717, 1.165) is 29.3 Å². The number of amides is 1. The van der Waals surface area contributed by atoms with Crippen LogP contribution in [0, 0.1) is 17.0 Å². The average Bonchev–Trinajstić information content (AvgIpc) is 2.67. The van der Waals surface area contributed by atoms with Gasteiger partial charge in [-0.3, -0.25) is 14.9 Å². The molecule has 1 amide bonds. The monoisotopic (exact) mass is 420 g/mol. The van der Waals surface area contributed by atoms with Gasteiger partial charge in [0.1, 0.15) is 0 Å². The van der Waals surface area contributed by atoms with Crippen LogP contribution in [-0.4, -0.2) is 24.6 Å². The molecule has 0 aliphatic rings. The highest BCUT2D eigenvalue weighted by Gasteiger charge is 2.20. The molecule has 7 nitrogen and oxygen atoms in total. The second-order valence-corrected chi connectivity index (χ2v) is 6.71. The molecule has 0 aromatic heterocycles. The predicted molar refractivity (Wildman–Crippen MR) is 109 cm³/mol. The van der Waals surface area contributed by atoms with Gasteiger partial charge in [0.15, 0.2) is 11.5 Å². The van der Waals surface area contributed by atoms with Crippen LogP contribution in [0.1, 0.15) is 36.5 Å². The van der Waals surface area contributed by atoms with Crippen LogP contribution in [0.4, 0.5) is 20.2 Å². The maximum Gasteiger partial charge on any atom is 0.387 e. The summed E-state index contributed by atoms with van der Waals surface area (Å²) in [6.45, 7) is 2.69. The minimum Gasteiger partial charge on any atom is -0.493 e. The topological polar surface area (TPSA) is 90.7 Å². The van der Waals surface area contributed by atoms with Crippen molar-refractivity contribution >= 4 is 23.4 Å². The smallest absolute Gasteiger partial charge is 0.387 e. The summed E-state index contributed by atoms with van der Waals surface area (Å²) < 4.78 is 34.3. The normalized spacial score (nSPS) is 11.2. The molecule has 1 N–H and O–H groups in total. The molecule has 2 rings (SSSR count). The summed E-state index contributed by atoms with van der Waals surface area (Å²) >= 11 is 0. The SMILES string of the molecule is COc1cc(/C=C/C(=O)Nc2c(C)cccc2C(C)C)c([N+](=O)[O-])cc1OC(F)F. The highest BCUT2D eigenvalue weighted by Crippen LogP contribution is 2.36. The molecular weight excluding hydrogens is 398 g/mol. The third-order valence-electron chi connectivity index (χ3n) is 4.32. The summed E-state index contributed by atoms with van der Waals surface area (Å²) in [6, 6.07) is 7.67. The summed E-state index contributed by atoms with van der Waals surface area (Å²) in [5, 5.41) is 14.1. The van der Waals surface area contributed by atoms with Crippen molar-refractivity contribution < 1.29 is 28.0 Å². The summed E-state index contributed by atoms with van der Waals surface area (Å²) in [7, 11) is 1.21. The number of alkyl halides is 2. The van der Waals surface area contributed by atoms with E-state index in [2.05, 4.69) is 10.1 Å². The lowest BCUT2D eigenvalue weighted by molar-refractivity contribution is -0.385. The molecule has 0 heterocycles. The second-order valence-electron chi connectivity index (χ2n) is 6.71. The van der Waals surface area contributed by atoms with Gasteiger partial charge in [0.25, 0.3) is 5.69 Å². The number of anilines is 1. The molecule has 2 aromatic carbocycles. The summed E-state index contributed by atoms with van der Waals surface area (Å²) in [5.74, 6) is -0.909. The highest BCUT2D eigenvalue weighted by atomic mass is 19.3. The molecule has 0 saturated carbocycles. The molecule has 0 fully saturated rings. The molecule has 2 aromatic rings. The van der Waals surface area contributed by atoms with Crippen LogP contribution in [0.2, 0.25) is 0 Å². The lowest BCUT2D eigenvalue weighted by Gasteiger charge is -2.15. The average molecular weight is 420 g/mol. The van der Waals surface area contributed by atoms with Gasteiger partial charge in [0.05, 0.1) is 23.7 Å². The maximum atomic E-state index is 12.5. The van der Waals surface area contributed by atoms with E-state index in [9.17, 15) is 23.7 Å². The van der Waals surface area contributed by atoms with Crippen molar-refractivity contribution in [3.63, 3.8) is 0 Å². The van der Waals surface area contributed by atoms with Crippen molar-refractivity contribution in [3.05, 3.63) is 63.2 Å². The number of nitrogens with one attached hydrogen (secondary N) is 1. The standard InChI is InChI=1S/C21H22F2N2O5/c1-12(2)15-7-5-6-13(3)20(15)24-19(26)9-8-14-10-17(29-4)18(30-21(22)23)11-16(14)25(27)28/h5-12,21H,1-4H3,(H,24,26)/b9-8+. The van der Waals surface area contributed by atoms with Crippen LogP contribution in [0.15, 0.2) is 36.4 Å². The summed E-state index contributed by atoms with van der Waals surface area (Å²) in [4.78, 5) is 23.0. The zero-order chi connectivity index (χ0) is 22.4. The van der Waals surface area contributed by atoms with Crippen molar-refractivity contribution in [1.29, 1.82) is 0 Å². The largest absolute Gasteiger partial charge is 0.493 e. The Labute approximate surface area is 172 Å². The number of hydrogen-bond acceptors (Lipinski definition) is 5. The number of aryl methyl sites for hydroxylation is 1. The number of ether oxygens (including phenoxy) is 2. The Kier molecular flexibility index (Phi) is 7.46. The van der Waals surface area contributed by atoms with E-state index in [1.54, 1.807) is 0 Å². The lowest BCUT2D eigenvalue weighted by atomic mass is 9.98. The fourth-order valence-electron chi connectivity index (χ4n) is 2.88. The van der Waals surface area contributed by atoms with Crippen molar-refractivity contribution in [2.45, 2.75) is 33.3 Å². The van der Waals surface area contributed by atoms with Gasteiger partial charge >= 0.3 is 6.61 Å². The number of carbonyl (C=O) groups excluding carboxylic acids is 1. The Bertz CT molecular complexity index is 974. The summed E-state index contributed by atoms with van der Waals surface area (Å²) in [6.07, 6.45) is 2.35. The fraction of sp³-hybridized carbons (Fsp3) is 0.286. The van der Waals surface area contributed by atoms with Gasteiger partial charge in [0.2, 0.25) is 5.91 Å². The van der Waals surface area contributed by atoms with E-state index in [1.807, 2.05) is 39.0 Å². The predicted octanol–water partition coefficient (Wildman–Crippen LogP) is 5.29. The van der Waals surface area contributed by atoms with Gasteiger partial charge in [-0.15, -0.1) is 0 Å². The van der Waals surface area contributed by atoms with Crippen molar-refractivity contribution in [1.82, 2.24) is 0 Å². The van der Waals surface area contributed by atoms with E-state index in [4.69, 9.17) is 4.74 Å². The number of benzene rings is 2. The molecule has 0 unspecified atom stereocenters. The number of halogens is 2. The Balaban J connectivity index is 2.35. The van der Waals surface area contributed by atoms with E-state index in [-0.39, 0.29) is 17.2 Å². The first-order valence-electron chi connectivity index (χ1n) is 9.03. The first-order valence-corrected chi connectivity index (χ1v) is 9.03. The van der Waals surface area contributed by atoms with Crippen LogP contribution >= 0.6 is 0 Å². The van der Waals surface area contributed by atoms with Crippen molar-refractivity contribution in [3.8, 4) is 11.5 Å². The van der Waals surface area contributed by atoms with Gasteiger partial charge in [-0.2, -0.15) is 8.78 Å². The van der Waals surface area contributed by atoms with Crippen LogP contribution in [0.25, 0.3) is 6.08 Å². The highest BCUT2D eigenvalue weighted by molar-refractivity contribution is 6.03. The zero-order valence-corrected chi connectivity index (χ0v) is 16.9. The maximum absolute atomic E-state index is 12.5. The van der Waals surface area contributed by atoms with Crippen LogP contribution in [0.3, 0.4) is 0 Å². The Morgan fingerprint density at radius 2 is 1.93 bits per heavy atom. The minimum absolute atomic E-state index is 0.00230. The van der Waals surface area contributed by atoms with E-state index >= 15 is 0 Å². The molecule has 160 valence electrons. The van der Waals surface area contributed by atoms with Crippen LogP contribution in [-0.2, 0) is 4.79 Å². The number of rotatable bonds is 8. The van der Waals surface area contributed by atoms with Gasteiger partial charge < -0.3 is 14.8 Å². The molecule has 0 aliphatic carbocycles. The number of carbonyl (C=O) groups is 1. The quantitative estimate of drug-likeness (QED) is 0.356. The molecule has 9 heteroatoms. The van der Waals surface area contributed by atoms with E-state index < -0.39 is 28.9 Å². The van der Waals surface area contributed by atoms with Crippen LogP contribution in [0.5, 0.6) is 11.5 Å². The lowest BCUT2D eigenvalue weighted by Crippen LogP contribution is -2.11. The van der Waals surface area contributed by atoms with Gasteiger partial charge in [-0.05, 0) is 36.1 Å². The fourth-order valence-corrected chi connectivity index (χ4v) is 2.88.